The van der Waals surface area contributed by atoms with Crippen molar-refractivity contribution in [1.82, 2.24) is 4.31 Å². The number of hydrogen-bond donors (Lipinski definition) is 1. The quantitative estimate of drug-likeness (QED) is 0.617. The Labute approximate surface area is 185 Å². The van der Waals surface area contributed by atoms with Gasteiger partial charge in [0.2, 0.25) is 15.9 Å². The second-order valence-electron chi connectivity index (χ2n) is 7.98. The molecule has 0 aliphatic carbocycles. The fourth-order valence-corrected chi connectivity index (χ4v) is 5.16. The van der Waals surface area contributed by atoms with E-state index in [-0.39, 0.29) is 5.91 Å². The van der Waals surface area contributed by atoms with Crippen LogP contribution < -0.4 is 10.1 Å². The summed E-state index contributed by atoms with van der Waals surface area (Å²) in [7, 11) is -3.42. The van der Waals surface area contributed by atoms with E-state index in [0.29, 0.717) is 37.4 Å². The van der Waals surface area contributed by atoms with Crippen LogP contribution in [0.5, 0.6) is 5.75 Å². The van der Waals surface area contributed by atoms with Gasteiger partial charge in [0, 0.05) is 25.2 Å². The van der Waals surface area contributed by atoms with E-state index in [1.54, 1.807) is 28.6 Å². The smallest absolute Gasteiger partial charge is 0.243 e. The van der Waals surface area contributed by atoms with Crippen molar-refractivity contribution >= 4 is 21.6 Å². The number of hydrogen-bond acceptors (Lipinski definition) is 4. The minimum atomic E-state index is -3.42. The summed E-state index contributed by atoms with van der Waals surface area (Å²) in [6.07, 6.45) is 4.74. The van der Waals surface area contributed by atoms with Gasteiger partial charge in [0.05, 0.1) is 11.5 Å². The summed E-state index contributed by atoms with van der Waals surface area (Å²) in [6, 6.07) is 12.5. The molecule has 2 aromatic rings. The molecule has 1 heterocycles. The molecular weight excluding hydrogens is 412 g/mol. The molecule has 2 aromatic carbocycles. The van der Waals surface area contributed by atoms with E-state index in [9.17, 15) is 13.2 Å². The summed E-state index contributed by atoms with van der Waals surface area (Å²) in [5.74, 6) is 0.729. The summed E-state index contributed by atoms with van der Waals surface area (Å²) in [5.41, 5.74) is 2.67. The zero-order valence-corrected chi connectivity index (χ0v) is 19.2. The second-order valence-corrected chi connectivity index (χ2v) is 9.92. The van der Waals surface area contributed by atoms with E-state index in [1.165, 1.54) is 0 Å². The molecule has 1 fully saturated rings. The fourth-order valence-electron chi connectivity index (χ4n) is 3.64. The monoisotopic (exact) mass is 444 g/mol. The van der Waals surface area contributed by atoms with E-state index in [4.69, 9.17) is 4.74 Å². The standard InChI is InChI=1S/C24H32N2O4S/c1-3-17-30-21-10-13-23(19(2)18-21)25-24(27)14-9-20-7-11-22(12-8-20)31(28,29)26-15-5-4-6-16-26/h7-8,10-13,18H,3-6,9,14-17H2,1-2H3,(H,25,27). The summed E-state index contributed by atoms with van der Waals surface area (Å²) in [6.45, 7) is 5.85. The normalized spacial score (nSPS) is 14.9. The molecule has 0 aromatic heterocycles. The molecule has 0 spiro atoms. The molecule has 6 nitrogen and oxygen atoms in total. The molecule has 0 bridgehead atoms. The molecule has 0 unspecified atom stereocenters. The molecule has 1 N–H and O–H groups in total. The molecule has 0 atom stereocenters. The van der Waals surface area contributed by atoms with Gasteiger partial charge in [0.15, 0.2) is 0 Å². The van der Waals surface area contributed by atoms with Gasteiger partial charge < -0.3 is 10.1 Å². The van der Waals surface area contributed by atoms with Gasteiger partial charge in [0.1, 0.15) is 5.75 Å². The summed E-state index contributed by atoms with van der Waals surface area (Å²) in [5, 5.41) is 2.95. The highest BCUT2D eigenvalue weighted by molar-refractivity contribution is 7.89. The van der Waals surface area contributed by atoms with Crippen LogP contribution in [0.1, 0.15) is 50.2 Å². The van der Waals surface area contributed by atoms with E-state index in [0.717, 1.165) is 48.2 Å². The first-order chi connectivity index (χ1) is 14.9. The fraction of sp³-hybridized carbons (Fsp3) is 0.458. The Kier molecular flexibility index (Phi) is 8.09. The minimum absolute atomic E-state index is 0.0738. The number of benzene rings is 2. The van der Waals surface area contributed by atoms with Crippen molar-refractivity contribution in [3.05, 3.63) is 53.6 Å². The van der Waals surface area contributed by atoms with Gasteiger partial charge in [-0.15, -0.1) is 0 Å². The molecular formula is C24H32N2O4S. The average Bonchev–Trinajstić information content (AvgIpc) is 2.79. The van der Waals surface area contributed by atoms with Crippen LogP contribution in [0.15, 0.2) is 47.4 Å². The van der Waals surface area contributed by atoms with Crippen molar-refractivity contribution in [2.75, 3.05) is 25.0 Å². The van der Waals surface area contributed by atoms with Gasteiger partial charge in [-0.25, -0.2) is 8.42 Å². The van der Waals surface area contributed by atoms with Gasteiger partial charge in [-0.1, -0.05) is 25.5 Å². The van der Waals surface area contributed by atoms with Gasteiger partial charge in [-0.3, -0.25) is 4.79 Å². The van der Waals surface area contributed by atoms with Crippen molar-refractivity contribution in [2.45, 2.75) is 57.3 Å². The maximum absolute atomic E-state index is 12.7. The summed E-state index contributed by atoms with van der Waals surface area (Å²) in [4.78, 5) is 12.7. The van der Waals surface area contributed by atoms with Crippen LogP contribution in [0.3, 0.4) is 0 Å². The molecule has 1 amide bonds. The predicted octanol–water partition coefficient (Wildman–Crippen LogP) is 4.53. The Morgan fingerprint density at radius 1 is 1.06 bits per heavy atom. The molecule has 1 aliphatic heterocycles. The van der Waals surface area contributed by atoms with Crippen LogP contribution in [0.2, 0.25) is 0 Å². The molecule has 168 valence electrons. The first-order valence-corrected chi connectivity index (χ1v) is 12.5. The number of carbonyl (C=O) groups is 1. The second kappa shape index (κ2) is 10.8. The number of sulfonamides is 1. The average molecular weight is 445 g/mol. The number of anilines is 1. The molecule has 3 rings (SSSR count). The number of nitrogens with one attached hydrogen (secondary N) is 1. The number of rotatable bonds is 9. The molecule has 0 saturated carbocycles. The number of ether oxygens (including phenoxy) is 1. The lowest BCUT2D eigenvalue weighted by Gasteiger charge is -2.25. The highest BCUT2D eigenvalue weighted by atomic mass is 32.2. The number of aryl methyl sites for hydroxylation is 2. The molecule has 0 radical (unpaired) electrons. The highest BCUT2D eigenvalue weighted by Gasteiger charge is 2.25. The van der Waals surface area contributed by atoms with Gasteiger partial charge >= 0.3 is 0 Å². The van der Waals surface area contributed by atoms with Gasteiger partial charge in [-0.2, -0.15) is 4.31 Å². The predicted molar refractivity (Wildman–Crippen MR) is 123 cm³/mol. The largest absolute Gasteiger partial charge is 0.494 e. The maximum Gasteiger partial charge on any atom is 0.243 e. The first-order valence-electron chi connectivity index (χ1n) is 11.0. The van der Waals surface area contributed by atoms with E-state index < -0.39 is 10.0 Å². The minimum Gasteiger partial charge on any atom is -0.494 e. The zero-order valence-electron chi connectivity index (χ0n) is 18.4. The van der Waals surface area contributed by atoms with Crippen LogP contribution in [0.4, 0.5) is 5.69 Å². The number of piperidine rings is 1. The molecule has 1 aliphatic rings. The van der Waals surface area contributed by atoms with Crippen molar-refractivity contribution in [3.8, 4) is 5.75 Å². The Hall–Kier alpha value is -2.38. The van der Waals surface area contributed by atoms with Crippen molar-refractivity contribution < 1.29 is 17.9 Å². The topological polar surface area (TPSA) is 75.7 Å². The van der Waals surface area contributed by atoms with Crippen molar-refractivity contribution in [1.29, 1.82) is 0 Å². The van der Waals surface area contributed by atoms with Crippen molar-refractivity contribution in [2.24, 2.45) is 0 Å². The number of carbonyl (C=O) groups excluding carboxylic acids is 1. The van der Waals surface area contributed by atoms with Crippen molar-refractivity contribution in [3.63, 3.8) is 0 Å². The Morgan fingerprint density at radius 2 is 1.77 bits per heavy atom. The van der Waals surface area contributed by atoms with Crippen LogP contribution in [-0.2, 0) is 21.2 Å². The summed E-state index contributed by atoms with van der Waals surface area (Å²) < 4.78 is 32.7. The first kappa shape index (κ1) is 23.3. The van der Waals surface area contributed by atoms with Crippen LogP contribution in [-0.4, -0.2) is 38.3 Å². The van der Waals surface area contributed by atoms with E-state index in [2.05, 4.69) is 12.2 Å². The van der Waals surface area contributed by atoms with Crippen LogP contribution >= 0.6 is 0 Å². The lowest BCUT2D eigenvalue weighted by atomic mass is 10.1. The van der Waals surface area contributed by atoms with Gasteiger partial charge in [0.25, 0.3) is 0 Å². The Morgan fingerprint density at radius 3 is 2.42 bits per heavy atom. The SMILES string of the molecule is CCCOc1ccc(NC(=O)CCc2ccc(S(=O)(=O)N3CCCCC3)cc2)c(C)c1. The van der Waals surface area contributed by atoms with Crippen LogP contribution in [0, 0.1) is 6.92 Å². The van der Waals surface area contributed by atoms with E-state index in [1.807, 2.05) is 25.1 Å². The third-order valence-corrected chi connectivity index (χ3v) is 7.37. The van der Waals surface area contributed by atoms with E-state index >= 15 is 0 Å². The number of nitrogens with zero attached hydrogens (tertiary/aromatic N) is 1. The van der Waals surface area contributed by atoms with Gasteiger partial charge in [-0.05, 0) is 74.1 Å². The molecule has 31 heavy (non-hydrogen) atoms. The maximum atomic E-state index is 12.7. The Bertz CT molecular complexity index is 981. The highest BCUT2D eigenvalue weighted by Crippen LogP contribution is 2.23. The third-order valence-electron chi connectivity index (χ3n) is 5.46. The molecule has 1 saturated heterocycles. The molecule has 7 heteroatoms. The number of amides is 1. The lowest BCUT2D eigenvalue weighted by molar-refractivity contribution is -0.116. The summed E-state index contributed by atoms with van der Waals surface area (Å²) >= 11 is 0. The Balaban J connectivity index is 1.53. The lowest BCUT2D eigenvalue weighted by Crippen LogP contribution is -2.35. The third kappa shape index (κ3) is 6.31. The zero-order chi connectivity index (χ0) is 22.3. The van der Waals surface area contributed by atoms with Crippen LogP contribution in [0.25, 0.3) is 0 Å².